The molecule has 2 fully saturated rings. The molecule has 0 aliphatic carbocycles. The van der Waals surface area contributed by atoms with E-state index >= 15 is 0 Å². The summed E-state index contributed by atoms with van der Waals surface area (Å²) in [6, 6.07) is 10.8. The molecule has 0 aromatic heterocycles. The quantitative estimate of drug-likeness (QED) is 0.798. The molecule has 1 N–H and O–H groups in total. The Kier molecular flexibility index (Phi) is 3.00. The first-order valence-electron chi connectivity index (χ1n) is 6.52. The third kappa shape index (κ3) is 2.03. The number of hydrogen-bond donors (Lipinski definition) is 1. The lowest BCUT2D eigenvalue weighted by atomic mass is 9.94. The van der Waals surface area contributed by atoms with Gasteiger partial charge in [-0.1, -0.05) is 36.4 Å². The van der Waals surface area contributed by atoms with Gasteiger partial charge < -0.3 is 5.32 Å². The summed E-state index contributed by atoms with van der Waals surface area (Å²) in [7, 11) is 0. The fourth-order valence-electron chi connectivity index (χ4n) is 3.27. The lowest BCUT2D eigenvalue weighted by Gasteiger charge is -2.24. The van der Waals surface area contributed by atoms with E-state index in [2.05, 4.69) is 53.2 Å². The Balaban J connectivity index is 1.69. The standard InChI is InChI=1S/C15H20N2/c1-2-13-10-16-15-14(13)8-9-17(15)11-12-6-4-3-5-7-12/h2-7,13-16H,1,8-11H2/t13-,14-,15-/m1/s1. The predicted octanol–water partition coefficient (Wildman–Crippen LogP) is 2.24. The van der Waals surface area contributed by atoms with E-state index in [0.717, 1.165) is 19.0 Å². The molecule has 90 valence electrons. The number of fused-ring (bicyclic) bond motifs is 1. The van der Waals surface area contributed by atoms with Crippen LogP contribution in [0.3, 0.4) is 0 Å². The first-order chi connectivity index (χ1) is 8.38. The summed E-state index contributed by atoms with van der Waals surface area (Å²) >= 11 is 0. The topological polar surface area (TPSA) is 15.3 Å². The molecule has 2 heterocycles. The van der Waals surface area contributed by atoms with E-state index in [9.17, 15) is 0 Å². The van der Waals surface area contributed by atoms with Crippen LogP contribution < -0.4 is 5.32 Å². The molecule has 2 saturated heterocycles. The second-order valence-electron chi connectivity index (χ2n) is 5.16. The van der Waals surface area contributed by atoms with Crippen molar-refractivity contribution in [1.29, 1.82) is 0 Å². The second-order valence-corrected chi connectivity index (χ2v) is 5.16. The molecule has 1 aromatic carbocycles. The maximum absolute atomic E-state index is 3.95. The van der Waals surface area contributed by atoms with Crippen LogP contribution in [-0.4, -0.2) is 24.2 Å². The zero-order chi connectivity index (χ0) is 11.7. The molecule has 0 radical (unpaired) electrons. The molecule has 0 bridgehead atoms. The number of nitrogens with one attached hydrogen (secondary N) is 1. The molecule has 2 nitrogen and oxygen atoms in total. The van der Waals surface area contributed by atoms with Gasteiger partial charge in [0.25, 0.3) is 0 Å². The summed E-state index contributed by atoms with van der Waals surface area (Å²) in [6.07, 6.45) is 4.00. The Morgan fingerprint density at radius 1 is 1.35 bits per heavy atom. The van der Waals surface area contributed by atoms with Gasteiger partial charge in [0.15, 0.2) is 0 Å². The van der Waals surface area contributed by atoms with Crippen LogP contribution in [0.25, 0.3) is 0 Å². The van der Waals surface area contributed by atoms with Gasteiger partial charge in [0, 0.05) is 19.6 Å². The van der Waals surface area contributed by atoms with Crippen LogP contribution >= 0.6 is 0 Å². The molecular formula is C15H20N2. The summed E-state index contributed by atoms with van der Waals surface area (Å²) in [5, 5.41) is 3.64. The van der Waals surface area contributed by atoms with Crippen molar-refractivity contribution in [3.05, 3.63) is 48.6 Å². The Labute approximate surface area is 103 Å². The SMILES string of the molecule is C=C[C@@H]1CN[C@H]2[C@@H]1CCN2Cc1ccccc1. The van der Waals surface area contributed by atoms with Crippen LogP contribution in [0.2, 0.25) is 0 Å². The van der Waals surface area contributed by atoms with Gasteiger partial charge in [0.2, 0.25) is 0 Å². The largest absolute Gasteiger partial charge is 0.301 e. The smallest absolute Gasteiger partial charge is 0.0635 e. The minimum Gasteiger partial charge on any atom is -0.301 e. The molecule has 3 atom stereocenters. The Hall–Kier alpha value is -1.12. The highest BCUT2D eigenvalue weighted by molar-refractivity contribution is 5.15. The molecule has 1 aromatic rings. The lowest BCUT2D eigenvalue weighted by molar-refractivity contribution is 0.210. The highest BCUT2D eigenvalue weighted by Gasteiger charge is 2.41. The summed E-state index contributed by atoms with van der Waals surface area (Å²) in [4.78, 5) is 2.57. The van der Waals surface area contributed by atoms with Crippen LogP contribution in [0, 0.1) is 11.8 Å². The highest BCUT2D eigenvalue weighted by atomic mass is 15.3. The first kappa shape index (κ1) is 11.0. The minimum atomic E-state index is 0.568. The number of nitrogens with zero attached hydrogens (tertiary/aromatic N) is 1. The molecule has 0 amide bonds. The van der Waals surface area contributed by atoms with Gasteiger partial charge in [-0.05, 0) is 23.8 Å². The molecule has 0 saturated carbocycles. The molecule has 0 spiro atoms. The van der Waals surface area contributed by atoms with Crippen molar-refractivity contribution in [3.63, 3.8) is 0 Å². The maximum atomic E-state index is 3.95. The normalized spacial score (nSPS) is 32.6. The van der Waals surface area contributed by atoms with Crippen molar-refractivity contribution in [2.45, 2.75) is 19.1 Å². The maximum Gasteiger partial charge on any atom is 0.0635 e. The Bertz CT molecular complexity index is 387. The van der Waals surface area contributed by atoms with Crippen LogP contribution in [0.15, 0.2) is 43.0 Å². The van der Waals surface area contributed by atoms with Crippen molar-refractivity contribution < 1.29 is 0 Å². The molecule has 0 unspecified atom stereocenters. The predicted molar refractivity (Wildman–Crippen MR) is 70.4 cm³/mol. The third-order valence-corrected chi connectivity index (χ3v) is 4.19. The van der Waals surface area contributed by atoms with Crippen LogP contribution in [-0.2, 0) is 6.54 Å². The minimum absolute atomic E-state index is 0.568. The fourth-order valence-corrected chi connectivity index (χ4v) is 3.27. The second kappa shape index (κ2) is 4.63. The van der Waals surface area contributed by atoms with Gasteiger partial charge in [0.1, 0.15) is 0 Å². The van der Waals surface area contributed by atoms with E-state index in [0.29, 0.717) is 12.1 Å². The Morgan fingerprint density at radius 2 is 2.18 bits per heavy atom. The zero-order valence-electron chi connectivity index (χ0n) is 10.2. The van der Waals surface area contributed by atoms with Crippen molar-refractivity contribution >= 4 is 0 Å². The van der Waals surface area contributed by atoms with Crippen molar-refractivity contribution in [2.24, 2.45) is 11.8 Å². The van der Waals surface area contributed by atoms with Gasteiger partial charge in [-0.25, -0.2) is 0 Å². The lowest BCUT2D eigenvalue weighted by Crippen LogP contribution is -2.39. The van der Waals surface area contributed by atoms with Crippen molar-refractivity contribution in [2.75, 3.05) is 13.1 Å². The summed E-state index contributed by atoms with van der Waals surface area (Å²) in [5.41, 5.74) is 1.41. The summed E-state index contributed by atoms with van der Waals surface area (Å²) in [6.45, 7) is 7.33. The summed E-state index contributed by atoms with van der Waals surface area (Å²) in [5.74, 6) is 1.44. The van der Waals surface area contributed by atoms with Gasteiger partial charge in [-0.3, -0.25) is 4.90 Å². The van der Waals surface area contributed by atoms with Gasteiger partial charge in [0.05, 0.1) is 6.17 Å². The number of hydrogen-bond acceptors (Lipinski definition) is 2. The van der Waals surface area contributed by atoms with Crippen LogP contribution in [0.1, 0.15) is 12.0 Å². The van der Waals surface area contributed by atoms with E-state index in [4.69, 9.17) is 0 Å². The fraction of sp³-hybridized carbons (Fsp3) is 0.467. The Morgan fingerprint density at radius 3 is 2.94 bits per heavy atom. The molecule has 3 rings (SSSR count). The van der Waals surface area contributed by atoms with Crippen molar-refractivity contribution in [3.8, 4) is 0 Å². The monoisotopic (exact) mass is 228 g/mol. The van der Waals surface area contributed by atoms with E-state index in [1.54, 1.807) is 0 Å². The molecule has 17 heavy (non-hydrogen) atoms. The van der Waals surface area contributed by atoms with Gasteiger partial charge >= 0.3 is 0 Å². The molecule has 2 aliphatic rings. The van der Waals surface area contributed by atoms with Crippen LogP contribution in [0.5, 0.6) is 0 Å². The summed E-state index contributed by atoms with van der Waals surface area (Å²) < 4.78 is 0. The molecule has 2 heteroatoms. The zero-order valence-corrected chi connectivity index (χ0v) is 10.2. The van der Waals surface area contributed by atoms with Crippen LogP contribution in [0.4, 0.5) is 0 Å². The third-order valence-electron chi connectivity index (χ3n) is 4.19. The van der Waals surface area contributed by atoms with Crippen molar-refractivity contribution in [1.82, 2.24) is 10.2 Å². The van der Waals surface area contributed by atoms with Gasteiger partial charge in [-0.2, -0.15) is 0 Å². The van der Waals surface area contributed by atoms with Gasteiger partial charge in [-0.15, -0.1) is 6.58 Å². The van der Waals surface area contributed by atoms with E-state index in [1.807, 2.05) is 0 Å². The first-order valence-corrected chi connectivity index (χ1v) is 6.52. The molecule has 2 aliphatic heterocycles. The van der Waals surface area contributed by atoms with E-state index in [1.165, 1.54) is 18.5 Å². The number of benzene rings is 1. The average molecular weight is 228 g/mol. The molecular weight excluding hydrogens is 208 g/mol. The highest BCUT2D eigenvalue weighted by Crippen LogP contribution is 2.34. The number of rotatable bonds is 3. The van der Waals surface area contributed by atoms with E-state index < -0.39 is 0 Å². The van der Waals surface area contributed by atoms with E-state index in [-0.39, 0.29) is 0 Å². The average Bonchev–Trinajstić information content (AvgIpc) is 2.93. The number of likely N-dealkylation sites (tertiary alicyclic amines) is 1.